The highest BCUT2D eigenvalue weighted by Crippen LogP contribution is 2.34. The first kappa shape index (κ1) is 12.0. The van der Waals surface area contributed by atoms with E-state index in [1.807, 2.05) is 12.1 Å². The number of phenolic OH excluding ortho intramolecular Hbond substituents is 1. The fourth-order valence-corrected chi connectivity index (χ4v) is 1.86. The summed E-state index contributed by atoms with van der Waals surface area (Å²) in [6, 6.07) is 7.08. The Morgan fingerprint density at radius 2 is 1.94 bits per heavy atom. The lowest BCUT2D eigenvalue weighted by atomic mass is 10.2. The standard InChI is InChI=1S/C12H10Cl2N2O/c13-10-4-9(5-11(14)12(10)17)16-7-8-2-1-3-15-6-8/h1-6,16-17H,7H2. The van der Waals surface area contributed by atoms with Crippen molar-refractivity contribution in [1.29, 1.82) is 0 Å². The minimum Gasteiger partial charge on any atom is -0.505 e. The lowest BCUT2D eigenvalue weighted by Crippen LogP contribution is -1.99. The maximum absolute atomic E-state index is 9.41. The minimum absolute atomic E-state index is 0.0970. The molecule has 0 spiro atoms. The predicted octanol–water partition coefficient (Wildman–Crippen LogP) is 3.71. The smallest absolute Gasteiger partial charge is 0.152 e. The van der Waals surface area contributed by atoms with Gasteiger partial charge < -0.3 is 10.4 Å². The molecule has 2 rings (SSSR count). The molecule has 88 valence electrons. The zero-order valence-electron chi connectivity index (χ0n) is 8.82. The van der Waals surface area contributed by atoms with Crippen LogP contribution >= 0.6 is 23.2 Å². The molecule has 0 unspecified atom stereocenters. The Bertz CT molecular complexity index is 494. The first-order chi connectivity index (χ1) is 8.16. The molecule has 0 saturated carbocycles. The van der Waals surface area contributed by atoms with E-state index >= 15 is 0 Å². The molecule has 0 fully saturated rings. The van der Waals surface area contributed by atoms with E-state index in [4.69, 9.17) is 23.2 Å². The van der Waals surface area contributed by atoms with Crippen molar-refractivity contribution in [3.8, 4) is 5.75 Å². The third-order valence-electron chi connectivity index (χ3n) is 2.24. The lowest BCUT2D eigenvalue weighted by molar-refractivity contribution is 0.476. The van der Waals surface area contributed by atoms with Gasteiger partial charge in [-0.1, -0.05) is 29.3 Å². The van der Waals surface area contributed by atoms with E-state index in [0.29, 0.717) is 6.54 Å². The molecule has 0 radical (unpaired) electrons. The van der Waals surface area contributed by atoms with Gasteiger partial charge in [-0.3, -0.25) is 4.98 Å². The largest absolute Gasteiger partial charge is 0.505 e. The first-order valence-electron chi connectivity index (χ1n) is 4.97. The van der Waals surface area contributed by atoms with E-state index in [-0.39, 0.29) is 15.8 Å². The summed E-state index contributed by atoms with van der Waals surface area (Å²) in [6.45, 7) is 0.616. The molecule has 0 amide bonds. The number of nitrogens with zero attached hydrogens (tertiary/aromatic N) is 1. The molecule has 0 aliphatic heterocycles. The van der Waals surface area contributed by atoms with Crippen LogP contribution < -0.4 is 5.32 Å². The van der Waals surface area contributed by atoms with Gasteiger partial charge in [0.25, 0.3) is 0 Å². The van der Waals surface area contributed by atoms with Gasteiger partial charge in [-0.15, -0.1) is 0 Å². The van der Waals surface area contributed by atoms with Gasteiger partial charge in [0.2, 0.25) is 0 Å². The molecule has 2 N–H and O–H groups in total. The van der Waals surface area contributed by atoms with Gasteiger partial charge in [-0.25, -0.2) is 0 Å². The minimum atomic E-state index is -0.0970. The molecular formula is C12H10Cl2N2O. The van der Waals surface area contributed by atoms with Crippen LogP contribution in [0, 0.1) is 0 Å². The number of anilines is 1. The molecule has 1 heterocycles. The molecule has 0 saturated heterocycles. The Kier molecular flexibility index (Phi) is 3.71. The van der Waals surface area contributed by atoms with E-state index in [9.17, 15) is 5.11 Å². The van der Waals surface area contributed by atoms with Crippen molar-refractivity contribution in [2.45, 2.75) is 6.54 Å². The number of nitrogens with one attached hydrogen (secondary N) is 1. The Morgan fingerprint density at radius 1 is 1.24 bits per heavy atom. The van der Waals surface area contributed by atoms with E-state index in [0.717, 1.165) is 11.3 Å². The number of pyridine rings is 1. The molecule has 0 aliphatic rings. The fraction of sp³-hybridized carbons (Fsp3) is 0.0833. The molecule has 1 aromatic heterocycles. The molecular weight excluding hydrogens is 259 g/mol. The Hall–Kier alpha value is -1.45. The van der Waals surface area contributed by atoms with Crippen molar-refractivity contribution in [1.82, 2.24) is 4.98 Å². The maximum Gasteiger partial charge on any atom is 0.152 e. The summed E-state index contributed by atoms with van der Waals surface area (Å²) in [5.41, 5.74) is 1.80. The first-order valence-corrected chi connectivity index (χ1v) is 5.73. The topological polar surface area (TPSA) is 45.1 Å². The molecule has 17 heavy (non-hydrogen) atoms. The zero-order valence-corrected chi connectivity index (χ0v) is 10.3. The van der Waals surface area contributed by atoms with Crippen LogP contribution in [0.15, 0.2) is 36.7 Å². The van der Waals surface area contributed by atoms with Crippen molar-refractivity contribution in [2.24, 2.45) is 0 Å². The van der Waals surface area contributed by atoms with Crippen LogP contribution in [-0.4, -0.2) is 10.1 Å². The summed E-state index contributed by atoms with van der Waals surface area (Å²) < 4.78 is 0. The van der Waals surface area contributed by atoms with Crippen molar-refractivity contribution >= 4 is 28.9 Å². The van der Waals surface area contributed by atoms with Crippen LogP contribution in [0.25, 0.3) is 0 Å². The summed E-state index contributed by atoms with van der Waals surface area (Å²) in [4.78, 5) is 4.01. The second kappa shape index (κ2) is 5.25. The van der Waals surface area contributed by atoms with E-state index in [2.05, 4.69) is 10.3 Å². The number of phenols is 1. The number of rotatable bonds is 3. The number of aromatic hydroxyl groups is 1. The maximum atomic E-state index is 9.41. The van der Waals surface area contributed by atoms with E-state index < -0.39 is 0 Å². The number of benzene rings is 1. The predicted molar refractivity (Wildman–Crippen MR) is 69.7 cm³/mol. The van der Waals surface area contributed by atoms with Gasteiger partial charge in [0, 0.05) is 24.6 Å². The fourth-order valence-electron chi connectivity index (χ4n) is 1.37. The van der Waals surface area contributed by atoms with E-state index in [1.54, 1.807) is 24.5 Å². The van der Waals surface area contributed by atoms with Gasteiger partial charge in [0.05, 0.1) is 10.0 Å². The number of hydrogen-bond donors (Lipinski definition) is 2. The highest BCUT2D eigenvalue weighted by molar-refractivity contribution is 6.37. The monoisotopic (exact) mass is 268 g/mol. The summed E-state index contributed by atoms with van der Waals surface area (Å²) >= 11 is 11.6. The molecule has 5 heteroatoms. The van der Waals surface area contributed by atoms with Crippen LogP contribution in [0.3, 0.4) is 0 Å². The lowest BCUT2D eigenvalue weighted by Gasteiger charge is -2.08. The van der Waals surface area contributed by atoms with Crippen molar-refractivity contribution < 1.29 is 5.11 Å². The quantitative estimate of drug-likeness (QED) is 0.835. The summed E-state index contributed by atoms with van der Waals surface area (Å²) in [7, 11) is 0. The van der Waals surface area contributed by atoms with Gasteiger partial charge in [-0.2, -0.15) is 0 Å². The SMILES string of the molecule is Oc1c(Cl)cc(NCc2cccnc2)cc1Cl. The molecule has 0 atom stereocenters. The number of halogens is 2. The molecule has 0 bridgehead atoms. The number of hydrogen-bond acceptors (Lipinski definition) is 3. The third-order valence-corrected chi connectivity index (χ3v) is 2.81. The molecule has 2 aromatic rings. The molecule has 0 aliphatic carbocycles. The highest BCUT2D eigenvalue weighted by atomic mass is 35.5. The van der Waals surface area contributed by atoms with Gasteiger partial charge in [0.1, 0.15) is 0 Å². The van der Waals surface area contributed by atoms with Gasteiger partial charge in [0.15, 0.2) is 5.75 Å². The van der Waals surface area contributed by atoms with Gasteiger partial charge in [-0.05, 0) is 23.8 Å². The number of aromatic nitrogens is 1. The second-order valence-corrected chi connectivity index (χ2v) is 4.32. The third kappa shape index (κ3) is 3.02. The highest BCUT2D eigenvalue weighted by Gasteiger charge is 2.06. The van der Waals surface area contributed by atoms with Crippen LogP contribution in [0.4, 0.5) is 5.69 Å². The van der Waals surface area contributed by atoms with Crippen molar-refractivity contribution in [3.63, 3.8) is 0 Å². The van der Waals surface area contributed by atoms with Crippen LogP contribution in [0.1, 0.15) is 5.56 Å². The van der Waals surface area contributed by atoms with E-state index in [1.165, 1.54) is 0 Å². The molecule has 3 nitrogen and oxygen atoms in total. The Balaban J connectivity index is 2.10. The van der Waals surface area contributed by atoms with Crippen molar-refractivity contribution in [3.05, 3.63) is 52.3 Å². The second-order valence-electron chi connectivity index (χ2n) is 3.50. The Labute approximate surface area is 109 Å². The average Bonchev–Trinajstić information content (AvgIpc) is 2.34. The van der Waals surface area contributed by atoms with Gasteiger partial charge >= 0.3 is 0 Å². The van der Waals surface area contributed by atoms with Crippen LogP contribution in [-0.2, 0) is 6.54 Å². The zero-order chi connectivity index (χ0) is 12.3. The van der Waals surface area contributed by atoms with Crippen LogP contribution in [0.2, 0.25) is 10.0 Å². The summed E-state index contributed by atoms with van der Waals surface area (Å²) in [5, 5.41) is 13.0. The molecule has 1 aromatic carbocycles. The summed E-state index contributed by atoms with van der Waals surface area (Å²) in [6.07, 6.45) is 3.49. The summed E-state index contributed by atoms with van der Waals surface area (Å²) in [5.74, 6) is -0.0970. The normalized spacial score (nSPS) is 10.2. The van der Waals surface area contributed by atoms with Crippen molar-refractivity contribution in [2.75, 3.05) is 5.32 Å². The average molecular weight is 269 g/mol. The van der Waals surface area contributed by atoms with Crippen LogP contribution in [0.5, 0.6) is 5.75 Å². The Morgan fingerprint density at radius 3 is 2.53 bits per heavy atom.